The van der Waals surface area contributed by atoms with Gasteiger partial charge in [0.2, 0.25) is 14.2 Å². The second kappa shape index (κ2) is 5.73. The van der Waals surface area contributed by atoms with Gasteiger partial charge in [-0.05, 0) is 24.7 Å². The Hall–Kier alpha value is -1.28. The average Bonchev–Trinajstić information content (AvgIpc) is 2.85. The standard InChI is InChI=1S/C14H18N2O4S2/c1-2-22(19,20)14-16-7-11(21-14)13(18)15-6-5-9-8-3-4-10(17)12(8)9/h7-9,12H,2-6H2,1H3,(H,15,18). The molecule has 0 spiro atoms. The van der Waals surface area contributed by atoms with Gasteiger partial charge < -0.3 is 5.32 Å². The second-order valence-corrected chi connectivity index (χ2v) is 9.28. The van der Waals surface area contributed by atoms with Gasteiger partial charge in [-0.2, -0.15) is 0 Å². The molecule has 1 amide bonds. The molecule has 2 aliphatic rings. The van der Waals surface area contributed by atoms with Crippen LogP contribution in [-0.4, -0.2) is 37.4 Å². The third-order valence-electron chi connectivity index (χ3n) is 4.55. The fourth-order valence-electron chi connectivity index (χ4n) is 3.26. The van der Waals surface area contributed by atoms with Crippen LogP contribution in [-0.2, 0) is 14.6 Å². The molecule has 0 bridgehead atoms. The Kier molecular flexibility index (Phi) is 4.07. The molecule has 3 atom stereocenters. The van der Waals surface area contributed by atoms with Crippen LogP contribution in [0.5, 0.6) is 0 Å². The first-order valence-corrected chi connectivity index (χ1v) is 9.90. The van der Waals surface area contributed by atoms with Crippen molar-refractivity contribution in [2.24, 2.45) is 17.8 Å². The lowest BCUT2D eigenvalue weighted by molar-refractivity contribution is -0.119. The maximum absolute atomic E-state index is 12.0. The van der Waals surface area contributed by atoms with E-state index in [0.29, 0.717) is 35.5 Å². The van der Waals surface area contributed by atoms with E-state index < -0.39 is 9.84 Å². The molecule has 0 aliphatic heterocycles. The zero-order valence-corrected chi connectivity index (χ0v) is 13.9. The van der Waals surface area contributed by atoms with Crippen molar-refractivity contribution in [1.29, 1.82) is 0 Å². The molecule has 3 unspecified atom stereocenters. The van der Waals surface area contributed by atoms with Crippen molar-refractivity contribution >= 4 is 32.9 Å². The van der Waals surface area contributed by atoms with Gasteiger partial charge in [-0.1, -0.05) is 18.3 Å². The fourth-order valence-corrected chi connectivity index (χ4v) is 5.41. The van der Waals surface area contributed by atoms with Gasteiger partial charge in [-0.25, -0.2) is 13.4 Å². The number of ketones is 1. The number of Topliss-reactive ketones (excluding diaryl/α,β-unsaturated/α-hetero) is 1. The van der Waals surface area contributed by atoms with Gasteiger partial charge in [-0.15, -0.1) is 0 Å². The van der Waals surface area contributed by atoms with Gasteiger partial charge in [0.1, 0.15) is 10.7 Å². The number of amides is 1. The number of aromatic nitrogens is 1. The van der Waals surface area contributed by atoms with Crippen molar-refractivity contribution in [3.05, 3.63) is 11.1 Å². The molecule has 2 aliphatic carbocycles. The van der Waals surface area contributed by atoms with E-state index in [-0.39, 0.29) is 21.9 Å². The normalized spacial score (nSPS) is 26.8. The largest absolute Gasteiger partial charge is 0.351 e. The topological polar surface area (TPSA) is 93.2 Å². The van der Waals surface area contributed by atoms with Crippen molar-refractivity contribution in [1.82, 2.24) is 10.3 Å². The summed E-state index contributed by atoms with van der Waals surface area (Å²) in [4.78, 5) is 27.6. The molecule has 3 rings (SSSR count). The van der Waals surface area contributed by atoms with Crippen LogP contribution in [0.1, 0.15) is 35.9 Å². The zero-order chi connectivity index (χ0) is 15.9. The lowest BCUT2D eigenvalue weighted by Gasteiger charge is -2.04. The third kappa shape index (κ3) is 2.81. The number of carbonyl (C=O) groups excluding carboxylic acids is 2. The van der Waals surface area contributed by atoms with E-state index >= 15 is 0 Å². The van der Waals surface area contributed by atoms with Crippen LogP contribution in [0.2, 0.25) is 0 Å². The summed E-state index contributed by atoms with van der Waals surface area (Å²) in [5, 5.41) is 2.78. The van der Waals surface area contributed by atoms with E-state index in [1.807, 2.05) is 0 Å². The molecule has 1 aromatic rings. The molecule has 1 heterocycles. The molecule has 0 radical (unpaired) electrons. The summed E-state index contributed by atoms with van der Waals surface area (Å²) in [5.74, 6) is 1.25. The maximum Gasteiger partial charge on any atom is 0.263 e. The van der Waals surface area contributed by atoms with Crippen molar-refractivity contribution in [2.75, 3.05) is 12.3 Å². The number of rotatable bonds is 6. The minimum atomic E-state index is -3.36. The maximum atomic E-state index is 12.0. The van der Waals surface area contributed by atoms with E-state index in [4.69, 9.17) is 0 Å². The average molecular weight is 342 g/mol. The van der Waals surface area contributed by atoms with Gasteiger partial charge in [0.25, 0.3) is 5.91 Å². The SMILES string of the molecule is CCS(=O)(=O)c1ncc(C(=O)NCCC2C3CCC(=O)C23)s1. The minimum absolute atomic E-state index is 0.0116. The third-order valence-corrected chi connectivity index (χ3v) is 7.75. The molecule has 120 valence electrons. The first-order valence-electron chi connectivity index (χ1n) is 7.43. The lowest BCUT2D eigenvalue weighted by Crippen LogP contribution is -2.24. The summed E-state index contributed by atoms with van der Waals surface area (Å²) in [6.07, 6.45) is 3.83. The molecule has 0 saturated heterocycles. The molecular weight excluding hydrogens is 324 g/mol. The molecule has 1 N–H and O–H groups in total. The van der Waals surface area contributed by atoms with Crippen LogP contribution in [0, 0.1) is 17.8 Å². The number of hydrogen-bond acceptors (Lipinski definition) is 6. The first kappa shape index (κ1) is 15.6. The fraction of sp³-hybridized carbons (Fsp3) is 0.643. The van der Waals surface area contributed by atoms with Crippen LogP contribution >= 0.6 is 11.3 Å². The number of fused-ring (bicyclic) bond motifs is 1. The number of hydrogen-bond donors (Lipinski definition) is 1. The Morgan fingerprint density at radius 3 is 2.91 bits per heavy atom. The summed E-state index contributed by atoms with van der Waals surface area (Å²) in [5.41, 5.74) is 0. The summed E-state index contributed by atoms with van der Waals surface area (Å²) >= 11 is 0.899. The van der Waals surface area contributed by atoms with E-state index in [2.05, 4.69) is 10.3 Å². The molecule has 22 heavy (non-hydrogen) atoms. The van der Waals surface area contributed by atoms with Gasteiger partial charge in [-0.3, -0.25) is 9.59 Å². The smallest absolute Gasteiger partial charge is 0.263 e. The first-order chi connectivity index (χ1) is 10.4. The Bertz CT molecular complexity index is 710. The van der Waals surface area contributed by atoms with Gasteiger partial charge in [0.15, 0.2) is 0 Å². The number of nitrogens with zero attached hydrogens (tertiary/aromatic N) is 1. The van der Waals surface area contributed by atoms with Crippen molar-refractivity contribution in [3.8, 4) is 0 Å². The monoisotopic (exact) mass is 342 g/mol. The number of carbonyl (C=O) groups is 2. The lowest BCUT2D eigenvalue weighted by atomic mass is 10.1. The molecular formula is C14H18N2O4S2. The Morgan fingerprint density at radius 1 is 1.50 bits per heavy atom. The van der Waals surface area contributed by atoms with Gasteiger partial charge in [0, 0.05) is 18.9 Å². The van der Waals surface area contributed by atoms with Gasteiger partial charge >= 0.3 is 0 Å². The molecule has 2 fully saturated rings. The van der Waals surface area contributed by atoms with Crippen LogP contribution in [0.4, 0.5) is 0 Å². The van der Waals surface area contributed by atoms with Crippen molar-refractivity contribution in [2.45, 2.75) is 30.5 Å². The quantitative estimate of drug-likeness (QED) is 0.840. The molecule has 2 saturated carbocycles. The van der Waals surface area contributed by atoms with E-state index in [1.165, 1.54) is 6.20 Å². The Labute approximate surface area is 133 Å². The summed E-state index contributed by atoms with van der Waals surface area (Å²) < 4.78 is 23.3. The number of sulfone groups is 1. The highest BCUT2D eigenvalue weighted by molar-refractivity contribution is 7.93. The van der Waals surface area contributed by atoms with Gasteiger partial charge in [0.05, 0.1) is 11.9 Å². The van der Waals surface area contributed by atoms with Crippen LogP contribution < -0.4 is 5.32 Å². The highest BCUT2D eigenvalue weighted by atomic mass is 32.2. The number of nitrogens with one attached hydrogen (secondary N) is 1. The molecule has 6 nitrogen and oxygen atoms in total. The molecule has 8 heteroatoms. The molecule has 0 aromatic carbocycles. The predicted molar refractivity (Wildman–Crippen MR) is 81.5 cm³/mol. The van der Waals surface area contributed by atoms with Crippen LogP contribution in [0.25, 0.3) is 0 Å². The predicted octanol–water partition coefficient (Wildman–Crippen LogP) is 1.28. The summed E-state index contributed by atoms with van der Waals surface area (Å²) in [6.45, 7) is 2.06. The Morgan fingerprint density at radius 2 is 2.27 bits per heavy atom. The summed E-state index contributed by atoms with van der Waals surface area (Å²) in [6, 6.07) is 0. The van der Waals surface area contributed by atoms with Crippen molar-refractivity contribution in [3.63, 3.8) is 0 Å². The zero-order valence-electron chi connectivity index (χ0n) is 12.2. The highest BCUT2D eigenvalue weighted by Gasteiger charge is 2.56. The Balaban J connectivity index is 1.50. The van der Waals surface area contributed by atoms with E-state index in [9.17, 15) is 18.0 Å². The number of thiazole rings is 1. The highest BCUT2D eigenvalue weighted by Crippen LogP contribution is 2.56. The van der Waals surface area contributed by atoms with Crippen LogP contribution in [0.3, 0.4) is 0 Å². The van der Waals surface area contributed by atoms with Crippen LogP contribution in [0.15, 0.2) is 10.5 Å². The summed E-state index contributed by atoms with van der Waals surface area (Å²) in [7, 11) is -3.36. The second-order valence-electron chi connectivity index (χ2n) is 5.80. The van der Waals surface area contributed by atoms with E-state index in [0.717, 1.165) is 24.2 Å². The molecule has 1 aromatic heterocycles. The van der Waals surface area contributed by atoms with Crippen molar-refractivity contribution < 1.29 is 18.0 Å². The minimum Gasteiger partial charge on any atom is -0.351 e. The van der Waals surface area contributed by atoms with E-state index in [1.54, 1.807) is 6.92 Å².